The van der Waals surface area contributed by atoms with E-state index in [1.807, 2.05) is 36.4 Å². The Morgan fingerprint density at radius 2 is 1.07 bits per heavy atom. The molecule has 0 radical (unpaired) electrons. The summed E-state index contributed by atoms with van der Waals surface area (Å²) in [5, 5.41) is 32.0. The molecule has 46 heavy (non-hydrogen) atoms. The zero-order chi connectivity index (χ0) is 31.2. The Bertz CT molecular complexity index is 2260. The minimum absolute atomic E-state index is 0. The normalized spacial score (nSPS) is 12.1. The molecular weight excluding hydrogens is 652 g/mol. The molecule has 0 bridgehead atoms. The molecule has 0 aliphatic carbocycles. The maximum absolute atomic E-state index is 13.8. The first kappa shape index (κ1) is 35.6. The predicted octanol–water partition coefficient (Wildman–Crippen LogP) is 0.792. The molecule has 0 heterocycles. The largest absolute Gasteiger partial charge is 1.00 e. The molecule has 6 aromatic rings. The predicted molar refractivity (Wildman–Crippen MR) is 162 cm³/mol. The zero-order valence-corrected chi connectivity index (χ0v) is 30.0. The summed E-state index contributed by atoms with van der Waals surface area (Å²) in [5.41, 5.74) is 4.93. The van der Waals surface area contributed by atoms with Crippen molar-refractivity contribution in [3.63, 3.8) is 0 Å². The summed E-state index contributed by atoms with van der Waals surface area (Å²) in [7, 11) is -10.4. The summed E-state index contributed by atoms with van der Waals surface area (Å²) in [4.78, 5) is -1.91. The molecule has 3 N–H and O–H groups in total. The number of hydrogen-bond acceptors (Lipinski definition) is 11. The fraction of sp³-hybridized carbons (Fsp3) is 0. The molecular formula is C30H19N5Na2O7S2. The van der Waals surface area contributed by atoms with Gasteiger partial charge in [0.05, 0.1) is 27.6 Å². The van der Waals surface area contributed by atoms with Gasteiger partial charge in [-0.3, -0.25) is 4.55 Å². The van der Waals surface area contributed by atoms with Crippen LogP contribution in [-0.4, -0.2) is 25.9 Å². The van der Waals surface area contributed by atoms with Gasteiger partial charge >= 0.3 is 59.1 Å². The van der Waals surface area contributed by atoms with Crippen molar-refractivity contribution in [1.82, 2.24) is 0 Å². The van der Waals surface area contributed by atoms with E-state index < -0.39 is 58.2 Å². The summed E-state index contributed by atoms with van der Waals surface area (Å²) in [6.07, 6.45) is 0. The van der Waals surface area contributed by atoms with Crippen LogP contribution in [0.25, 0.3) is 32.3 Å². The first-order valence-electron chi connectivity index (χ1n) is 12.8. The van der Waals surface area contributed by atoms with Crippen LogP contribution in [0.3, 0.4) is 0 Å². The molecule has 16 heteroatoms. The van der Waals surface area contributed by atoms with Crippen LogP contribution >= 0.6 is 0 Å². The van der Waals surface area contributed by atoms with E-state index in [4.69, 9.17) is 5.73 Å². The van der Waals surface area contributed by atoms with Crippen molar-refractivity contribution in [1.29, 1.82) is 0 Å². The molecule has 6 rings (SSSR count). The second-order valence-electron chi connectivity index (χ2n) is 9.61. The molecule has 0 saturated carbocycles. The van der Waals surface area contributed by atoms with Crippen molar-refractivity contribution in [2.24, 2.45) is 20.5 Å². The van der Waals surface area contributed by atoms with E-state index >= 15 is 0 Å². The number of nitrogens with zero attached hydrogens (tertiary/aromatic N) is 4. The number of fused-ring (bicyclic) bond motifs is 3. The van der Waals surface area contributed by atoms with E-state index in [2.05, 4.69) is 20.5 Å². The Kier molecular flexibility index (Phi) is 10.7. The van der Waals surface area contributed by atoms with Gasteiger partial charge in [-0.05, 0) is 40.4 Å². The molecule has 0 saturated heterocycles. The average molecular weight is 672 g/mol. The smallest absolute Gasteiger partial charge is 0.870 e. The average Bonchev–Trinajstić information content (AvgIpc) is 2.98. The second kappa shape index (κ2) is 13.8. The number of nitrogen functional groups attached to an aromatic ring is 1. The third kappa shape index (κ3) is 6.87. The van der Waals surface area contributed by atoms with E-state index in [9.17, 15) is 31.0 Å². The fourth-order valence-electron chi connectivity index (χ4n) is 4.88. The molecule has 0 unspecified atom stereocenters. The van der Waals surface area contributed by atoms with Crippen molar-refractivity contribution < 1.29 is 90.2 Å². The third-order valence-corrected chi connectivity index (χ3v) is 8.61. The Balaban J connectivity index is 0.00000240. The van der Waals surface area contributed by atoms with Crippen LogP contribution in [0.2, 0.25) is 0 Å². The van der Waals surface area contributed by atoms with E-state index in [-0.39, 0.29) is 64.5 Å². The van der Waals surface area contributed by atoms with Gasteiger partial charge in [-0.1, -0.05) is 78.5 Å². The molecule has 0 fully saturated rings. The van der Waals surface area contributed by atoms with Crippen molar-refractivity contribution in [3.05, 3.63) is 97.1 Å². The quantitative estimate of drug-likeness (QED) is 0.112. The molecule has 0 aliphatic rings. The Labute approximate surface area is 307 Å². The van der Waals surface area contributed by atoms with E-state index in [1.54, 1.807) is 48.5 Å². The van der Waals surface area contributed by atoms with Crippen LogP contribution in [0.5, 0.6) is 5.75 Å². The van der Waals surface area contributed by atoms with Crippen molar-refractivity contribution in [2.45, 2.75) is 9.79 Å². The third-order valence-electron chi connectivity index (χ3n) is 6.89. The van der Waals surface area contributed by atoms with Gasteiger partial charge < -0.3 is 15.4 Å². The van der Waals surface area contributed by atoms with Crippen molar-refractivity contribution in [3.8, 4) is 5.75 Å². The summed E-state index contributed by atoms with van der Waals surface area (Å²) >= 11 is 0. The zero-order valence-electron chi connectivity index (χ0n) is 24.3. The van der Waals surface area contributed by atoms with E-state index in [0.29, 0.717) is 22.1 Å². The van der Waals surface area contributed by atoms with Crippen LogP contribution < -0.4 is 70.0 Å². The minimum atomic E-state index is -5.27. The van der Waals surface area contributed by atoms with Crippen molar-refractivity contribution in [2.75, 3.05) is 5.73 Å². The minimum Gasteiger partial charge on any atom is -0.870 e. The number of benzene rings is 6. The van der Waals surface area contributed by atoms with E-state index in [1.165, 1.54) is 0 Å². The van der Waals surface area contributed by atoms with Gasteiger partial charge in [0.2, 0.25) is 0 Å². The Morgan fingerprint density at radius 1 is 0.609 bits per heavy atom. The monoisotopic (exact) mass is 671 g/mol. The standard InChI is InChI=1S/C30H21N5O7S2.2Na/c31-27-26-19(15-24(43(37,38)39)28(27)34-32-22-13-5-9-17-7-1-3-11-20(17)22)16-25(44(40,41)42)29(30(26)36)35-33-23-14-6-10-18-8-2-4-12-21(18)23;;/h1-16,36H,31H2,(H,37,38,39)(H,40,41,42);;/q;2*+1/p-2. The van der Waals surface area contributed by atoms with Crippen LogP contribution in [0.1, 0.15) is 0 Å². The molecule has 6 aromatic carbocycles. The van der Waals surface area contributed by atoms with Crippen LogP contribution in [0.4, 0.5) is 28.4 Å². The molecule has 0 aliphatic heterocycles. The van der Waals surface area contributed by atoms with Crippen LogP contribution in [0, 0.1) is 0 Å². The topological polar surface area (TPSA) is 210 Å². The number of hydrogen-bond donors (Lipinski definition) is 2. The maximum Gasteiger partial charge on any atom is 1.00 e. The van der Waals surface area contributed by atoms with Crippen LogP contribution in [-0.2, 0) is 20.2 Å². The number of azo groups is 2. The summed E-state index contributed by atoms with van der Waals surface area (Å²) < 4.78 is 71.5. The van der Waals surface area contributed by atoms with Gasteiger partial charge in [-0.25, -0.2) is 8.42 Å². The molecule has 0 atom stereocenters. The van der Waals surface area contributed by atoms with Gasteiger partial charge in [0.1, 0.15) is 20.7 Å². The number of rotatable bonds is 6. The van der Waals surface area contributed by atoms with Crippen molar-refractivity contribution >= 4 is 81.0 Å². The Morgan fingerprint density at radius 3 is 1.57 bits per heavy atom. The SMILES string of the molecule is Nc1c(N=Nc2cccc3ccccc23)c(S(=O)(=O)[O-])cc2cc(S(=O)(=O)O)c(N=Nc3cccc4ccccc34)c([O-])c12.[Na+].[Na+]. The fourth-order valence-corrected chi connectivity index (χ4v) is 6.19. The first-order valence-corrected chi connectivity index (χ1v) is 15.6. The second-order valence-corrected chi connectivity index (χ2v) is 12.4. The molecule has 0 aromatic heterocycles. The van der Waals surface area contributed by atoms with Gasteiger partial charge in [0, 0.05) is 16.2 Å². The summed E-state index contributed by atoms with van der Waals surface area (Å²) in [5.74, 6) is -1.10. The van der Waals surface area contributed by atoms with Gasteiger partial charge in [-0.2, -0.15) is 8.42 Å². The van der Waals surface area contributed by atoms with E-state index in [0.717, 1.165) is 22.9 Å². The number of nitrogens with two attached hydrogens (primary N) is 1. The number of anilines is 1. The Hall–Kier alpha value is -3.28. The molecule has 12 nitrogen and oxygen atoms in total. The molecule has 0 amide bonds. The van der Waals surface area contributed by atoms with Crippen LogP contribution in [0.15, 0.2) is 127 Å². The summed E-state index contributed by atoms with van der Waals surface area (Å²) in [6, 6.07) is 26.1. The van der Waals surface area contributed by atoms with Gasteiger partial charge in [0.15, 0.2) is 0 Å². The van der Waals surface area contributed by atoms with Gasteiger partial charge in [0.25, 0.3) is 10.1 Å². The molecule has 0 spiro atoms. The molecule has 220 valence electrons. The summed E-state index contributed by atoms with van der Waals surface area (Å²) in [6.45, 7) is 0. The first-order chi connectivity index (χ1) is 20.9. The van der Waals surface area contributed by atoms with Gasteiger partial charge in [-0.15, -0.1) is 20.5 Å². The maximum atomic E-state index is 13.8.